The van der Waals surface area contributed by atoms with Crippen molar-refractivity contribution in [2.45, 2.75) is 52.4 Å². The quantitative estimate of drug-likeness (QED) is 0.633. The molecule has 2 saturated carbocycles. The van der Waals surface area contributed by atoms with Crippen LogP contribution < -0.4 is 0 Å². The smallest absolute Gasteiger partial charge is 0.159 e. The Morgan fingerprint density at radius 3 is 2.76 bits per heavy atom. The molecule has 0 spiro atoms. The lowest BCUT2D eigenvalue weighted by Gasteiger charge is -2.56. The fourth-order valence-electron chi connectivity index (χ4n) is 5.87. The van der Waals surface area contributed by atoms with Gasteiger partial charge in [-0.25, -0.2) is 0 Å². The van der Waals surface area contributed by atoms with E-state index in [9.17, 15) is 9.59 Å². The van der Waals surface area contributed by atoms with Gasteiger partial charge in [0.05, 0.1) is 0 Å². The van der Waals surface area contributed by atoms with E-state index in [2.05, 4.69) is 26.0 Å². The van der Waals surface area contributed by atoms with E-state index in [1.165, 1.54) is 12.8 Å². The Balaban J connectivity index is 1.76. The maximum atomic E-state index is 12.7. The monoisotopic (exact) mass is 284 g/mol. The zero-order valence-electron chi connectivity index (χ0n) is 13.0. The highest BCUT2D eigenvalue weighted by Crippen LogP contribution is 2.62. The molecule has 3 unspecified atom stereocenters. The van der Waals surface area contributed by atoms with Gasteiger partial charge in [0.15, 0.2) is 11.6 Å². The molecule has 2 fully saturated rings. The molecule has 112 valence electrons. The van der Waals surface area contributed by atoms with Gasteiger partial charge in [0, 0.05) is 18.4 Å². The van der Waals surface area contributed by atoms with Crippen LogP contribution in [0.3, 0.4) is 0 Å². The van der Waals surface area contributed by atoms with E-state index in [0.29, 0.717) is 36.0 Å². The summed E-state index contributed by atoms with van der Waals surface area (Å²) in [7, 11) is 0. The van der Waals surface area contributed by atoms with Crippen LogP contribution in [-0.2, 0) is 9.59 Å². The number of allylic oxidation sites excluding steroid dienone is 4. The number of rotatable bonds is 0. The molecule has 4 rings (SSSR count). The van der Waals surface area contributed by atoms with Crippen LogP contribution >= 0.6 is 0 Å². The predicted octanol–water partition coefficient (Wildman–Crippen LogP) is 3.86. The molecule has 0 bridgehead atoms. The molecule has 0 heterocycles. The topological polar surface area (TPSA) is 34.1 Å². The predicted molar refractivity (Wildman–Crippen MR) is 81.6 cm³/mol. The molecule has 0 amide bonds. The second kappa shape index (κ2) is 4.18. The van der Waals surface area contributed by atoms with E-state index in [4.69, 9.17) is 0 Å². The van der Waals surface area contributed by atoms with E-state index >= 15 is 0 Å². The summed E-state index contributed by atoms with van der Waals surface area (Å²) in [6.45, 7) is 4.63. The zero-order chi connectivity index (χ0) is 14.8. The van der Waals surface area contributed by atoms with Crippen molar-refractivity contribution in [2.24, 2.45) is 28.6 Å². The van der Waals surface area contributed by atoms with Crippen LogP contribution in [-0.4, -0.2) is 11.6 Å². The molecular formula is C19H24O2. The fourth-order valence-corrected chi connectivity index (χ4v) is 5.87. The third kappa shape index (κ3) is 1.71. The Bertz CT molecular complexity index is 584. The third-order valence-electron chi connectivity index (χ3n) is 7.11. The van der Waals surface area contributed by atoms with Gasteiger partial charge in [0.1, 0.15) is 0 Å². The Hall–Kier alpha value is -1.18. The van der Waals surface area contributed by atoms with Crippen molar-refractivity contribution in [1.82, 2.24) is 0 Å². The highest BCUT2D eigenvalue weighted by atomic mass is 16.1. The summed E-state index contributed by atoms with van der Waals surface area (Å²) in [6.07, 6.45) is 12.2. The number of fused-ring (bicyclic) bond motifs is 5. The molecule has 21 heavy (non-hydrogen) atoms. The SMILES string of the molecule is C[C@@]12C=CCC1C1CC(=O)C3=CC(=O)CC[C@]3(C)C1CC2. The zero-order valence-corrected chi connectivity index (χ0v) is 13.0. The number of hydrogen-bond acceptors (Lipinski definition) is 2. The van der Waals surface area contributed by atoms with E-state index in [0.717, 1.165) is 18.4 Å². The van der Waals surface area contributed by atoms with Crippen molar-refractivity contribution < 1.29 is 9.59 Å². The first-order valence-corrected chi connectivity index (χ1v) is 8.40. The largest absolute Gasteiger partial charge is 0.295 e. The molecule has 0 aromatic carbocycles. The van der Waals surface area contributed by atoms with Crippen molar-refractivity contribution in [3.8, 4) is 0 Å². The number of carbonyl (C=O) groups is 2. The fraction of sp³-hybridized carbons (Fsp3) is 0.684. The molecule has 0 aromatic rings. The van der Waals surface area contributed by atoms with Crippen LogP contribution in [0.1, 0.15) is 52.4 Å². The Morgan fingerprint density at radius 2 is 1.95 bits per heavy atom. The van der Waals surface area contributed by atoms with Crippen molar-refractivity contribution in [1.29, 1.82) is 0 Å². The normalized spacial score (nSPS) is 48.5. The van der Waals surface area contributed by atoms with Crippen LogP contribution in [0, 0.1) is 28.6 Å². The number of ketones is 2. The Morgan fingerprint density at radius 1 is 1.14 bits per heavy atom. The third-order valence-corrected chi connectivity index (χ3v) is 7.11. The Kier molecular flexibility index (Phi) is 2.68. The van der Waals surface area contributed by atoms with Crippen LogP contribution in [0.5, 0.6) is 0 Å². The molecule has 4 aliphatic rings. The van der Waals surface area contributed by atoms with Gasteiger partial charge in [-0.1, -0.05) is 26.0 Å². The Labute approximate surface area is 126 Å². The molecule has 0 N–H and O–H groups in total. The lowest BCUT2D eigenvalue weighted by Crippen LogP contribution is -2.52. The second-order valence-electron chi connectivity index (χ2n) is 8.13. The molecule has 0 radical (unpaired) electrons. The molecule has 4 aliphatic carbocycles. The molecular weight excluding hydrogens is 260 g/mol. The maximum Gasteiger partial charge on any atom is 0.159 e. The van der Waals surface area contributed by atoms with E-state index < -0.39 is 0 Å². The first kappa shape index (κ1) is 13.5. The van der Waals surface area contributed by atoms with Crippen molar-refractivity contribution >= 4 is 11.6 Å². The van der Waals surface area contributed by atoms with E-state index in [-0.39, 0.29) is 17.0 Å². The number of carbonyl (C=O) groups excluding carboxylic acids is 2. The van der Waals surface area contributed by atoms with E-state index in [1.54, 1.807) is 6.08 Å². The van der Waals surface area contributed by atoms with Crippen molar-refractivity contribution in [3.05, 3.63) is 23.8 Å². The molecule has 0 aromatic heterocycles. The summed E-state index contributed by atoms with van der Waals surface area (Å²) in [4.78, 5) is 24.4. The highest BCUT2D eigenvalue weighted by Gasteiger charge is 2.57. The molecule has 2 heteroatoms. The van der Waals surface area contributed by atoms with Gasteiger partial charge < -0.3 is 0 Å². The molecule has 0 saturated heterocycles. The van der Waals surface area contributed by atoms with Gasteiger partial charge in [-0.3, -0.25) is 9.59 Å². The lowest BCUT2D eigenvalue weighted by atomic mass is 9.47. The highest BCUT2D eigenvalue weighted by molar-refractivity contribution is 6.05. The molecule has 5 atom stereocenters. The number of hydrogen-bond donors (Lipinski definition) is 0. The maximum absolute atomic E-state index is 12.7. The van der Waals surface area contributed by atoms with Gasteiger partial charge in [0.2, 0.25) is 0 Å². The second-order valence-corrected chi connectivity index (χ2v) is 8.13. The van der Waals surface area contributed by atoms with Crippen LogP contribution in [0.2, 0.25) is 0 Å². The standard InChI is InChI=1S/C19H24O2/c1-18-7-3-4-14(18)13-11-17(21)16-10-12(20)5-9-19(16,2)15(13)6-8-18/h3,7,10,13-15H,4-6,8-9,11H2,1-2H3/t13?,14?,15?,18-,19+/m0/s1. The minimum absolute atomic E-state index is 0.0438. The summed E-state index contributed by atoms with van der Waals surface area (Å²) in [6, 6.07) is 0. The first-order chi connectivity index (χ1) is 9.94. The van der Waals surface area contributed by atoms with Crippen LogP contribution in [0.25, 0.3) is 0 Å². The molecule has 2 nitrogen and oxygen atoms in total. The van der Waals surface area contributed by atoms with Gasteiger partial charge >= 0.3 is 0 Å². The van der Waals surface area contributed by atoms with Crippen molar-refractivity contribution in [3.63, 3.8) is 0 Å². The van der Waals surface area contributed by atoms with Gasteiger partial charge in [-0.2, -0.15) is 0 Å². The van der Waals surface area contributed by atoms with Gasteiger partial charge in [-0.15, -0.1) is 0 Å². The summed E-state index contributed by atoms with van der Waals surface area (Å²) >= 11 is 0. The van der Waals surface area contributed by atoms with Gasteiger partial charge in [0.25, 0.3) is 0 Å². The summed E-state index contributed by atoms with van der Waals surface area (Å²) < 4.78 is 0. The lowest BCUT2D eigenvalue weighted by molar-refractivity contribution is -0.129. The van der Waals surface area contributed by atoms with Crippen molar-refractivity contribution in [2.75, 3.05) is 0 Å². The molecule has 0 aliphatic heterocycles. The number of Topliss-reactive ketones (excluding diaryl/α,β-unsaturated/α-hetero) is 1. The average Bonchev–Trinajstić information content (AvgIpc) is 2.83. The van der Waals surface area contributed by atoms with Crippen LogP contribution in [0.15, 0.2) is 23.8 Å². The minimum atomic E-state index is -0.0438. The summed E-state index contributed by atoms with van der Waals surface area (Å²) in [5.74, 6) is 2.14. The average molecular weight is 284 g/mol. The first-order valence-electron chi connectivity index (χ1n) is 8.40. The summed E-state index contributed by atoms with van der Waals surface area (Å²) in [5.41, 5.74) is 1.12. The van der Waals surface area contributed by atoms with E-state index in [1.807, 2.05) is 0 Å². The minimum Gasteiger partial charge on any atom is -0.295 e. The van der Waals surface area contributed by atoms with Crippen LogP contribution in [0.4, 0.5) is 0 Å². The van der Waals surface area contributed by atoms with Gasteiger partial charge in [-0.05, 0) is 60.3 Å². The summed E-state index contributed by atoms with van der Waals surface area (Å²) in [5, 5.41) is 0.